The van der Waals surface area contributed by atoms with Crippen LogP contribution in [0.1, 0.15) is 50.7 Å². The molecule has 0 aliphatic heterocycles. The molecule has 22 heavy (non-hydrogen) atoms. The third kappa shape index (κ3) is 2.94. The maximum absolute atomic E-state index is 3.65. The van der Waals surface area contributed by atoms with Gasteiger partial charge in [0.15, 0.2) is 0 Å². The number of hydrogen-bond acceptors (Lipinski definition) is 0. The van der Waals surface area contributed by atoms with E-state index in [-0.39, 0.29) is 0 Å². The van der Waals surface area contributed by atoms with Crippen LogP contribution in [0.3, 0.4) is 0 Å². The minimum absolute atomic E-state index is 0.534. The van der Waals surface area contributed by atoms with Gasteiger partial charge in [-0.15, -0.1) is 0 Å². The van der Waals surface area contributed by atoms with E-state index in [1.807, 2.05) is 0 Å². The molecule has 3 aromatic rings. The number of aromatic amines is 1. The predicted octanol–water partition coefficient (Wildman–Crippen LogP) is 6.30. The van der Waals surface area contributed by atoms with Crippen molar-refractivity contribution < 1.29 is 0 Å². The lowest BCUT2D eigenvalue weighted by atomic mass is 9.96. The quantitative estimate of drug-likeness (QED) is 0.567. The van der Waals surface area contributed by atoms with E-state index in [1.165, 1.54) is 52.5 Å². The summed E-state index contributed by atoms with van der Waals surface area (Å²) >= 11 is 0. The smallest absolute Gasteiger partial charge is 0.0494 e. The first-order valence-corrected chi connectivity index (χ1v) is 8.40. The number of unbranched alkanes of at least 4 members (excludes halogenated alkanes) is 1. The molecule has 0 radical (unpaired) electrons. The maximum Gasteiger partial charge on any atom is 0.0494 e. The van der Waals surface area contributed by atoms with Crippen molar-refractivity contribution in [3.63, 3.8) is 0 Å². The molecule has 0 atom stereocenters. The van der Waals surface area contributed by atoms with Gasteiger partial charge in [-0.05, 0) is 47.6 Å². The van der Waals surface area contributed by atoms with Gasteiger partial charge in [-0.2, -0.15) is 0 Å². The van der Waals surface area contributed by atoms with Gasteiger partial charge < -0.3 is 4.98 Å². The summed E-state index contributed by atoms with van der Waals surface area (Å²) in [5.74, 6) is 0.534. The standard InChI is InChI=1S/C21H25N/c1-4-5-9-16-12-18-14-20(17-10-7-6-8-11-17)22-21(18)19(13-16)15(2)3/h6-8,10-15,22H,4-5,9H2,1-3H3. The molecule has 0 aliphatic rings. The van der Waals surface area contributed by atoms with Gasteiger partial charge in [0.1, 0.15) is 0 Å². The molecular formula is C21H25N. The zero-order valence-electron chi connectivity index (χ0n) is 13.8. The van der Waals surface area contributed by atoms with Crippen LogP contribution in [0.5, 0.6) is 0 Å². The van der Waals surface area contributed by atoms with Crippen LogP contribution in [-0.2, 0) is 6.42 Å². The summed E-state index contributed by atoms with van der Waals surface area (Å²) in [6, 6.07) is 17.6. The molecule has 1 N–H and O–H groups in total. The fourth-order valence-electron chi connectivity index (χ4n) is 3.09. The second kappa shape index (κ2) is 6.39. The van der Waals surface area contributed by atoms with E-state index in [4.69, 9.17) is 0 Å². The molecule has 2 aromatic carbocycles. The van der Waals surface area contributed by atoms with Crippen LogP contribution in [0.4, 0.5) is 0 Å². The Balaban J connectivity index is 2.11. The Morgan fingerprint density at radius 2 is 1.77 bits per heavy atom. The third-order valence-electron chi connectivity index (χ3n) is 4.34. The van der Waals surface area contributed by atoms with Crippen molar-refractivity contribution in [2.24, 2.45) is 0 Å². The first-order valence-electron chi connectivity index (χ1n) is 8.40. The summed E-state index contributed by atoms with van der Waals surface area (Å²) in [7, 11) is 0. The van der Waals surface area contributed by atoms with E-state index >= 15 is 0 Å². The monoisotopic (exact) mass is 291 g/mol. The number of aromatic nitrogens is 1. The lowest BCUT2D eigenvalue weighted by Crippen LogP contribution is -1.93. The third-order valence-corrected chi connectivity index (χ3v) is 4.34. The summed E-state index contributed by atoms with van der Waals surface area (Å²) in [4.78, 5) is 3.65. The second-order valence-corrected chi connectivity index (χ2v) is 6.46. The van der Waals surface area contributed by atoms with Crippen LogP contribution < -0.4 is 0 Å². The van der Waals surface area contributed by atoms with Gasteiger partial charge in [-0.3, -0.25) is 0 Å². The van der Waals surface area contributed by atoms with Gasteiger partial charge >= 0.3 is 0 Å². The van der Waals surface area contributed by atoms with E-state index in [0.29, 0.717) is 5.92 Å². The molecular weight excluding hydrogens is 266 g/mol. The Hall–Kier alpha value is -2.02. The Labute approximate surface area is 133 Å². The first-order chi connectivity index (χ1) is 10.7. The summed E-state index contributed by atoms with van der Waals surface area (Å²) < 4.78 is 0. The molecule has 0 aliphatic carbocycles. The highest BCUT2D eigenvalue weighted by Gasteiger charge is 2.11. The molecule has 0 unspecified atom stereocenters. The Bertz CT molecular complexity index is 750. The number of hydrogen-bond donors (Lipinski definition) is 1. The molecule has 1 aromatic heterocycles. The molecule has 0 fully saturated rings. The van der Waals surface area contributed by atoms with Gasteiger partial charge in [-0.1, -0.05) is 63.6 Å². The zero-order chi connectivity index (χ0) is 15.5. The van der Waals surface area contributed by atoms with Crippen LogP contribution in [0, 0.1) is 0 Å². The van der Waals surface area contributed by atoms with E-state index < -0.39 is 0 Å². The molecule has 0 saturated heterocycles. The SMILES string of the molecule is CCCCc1cc(C(C)C)c2[nH]c(-c3ccccc3)cc2c1. The van der Waals surface area contributed by atoms with Crippen molar-refractivity contribution in [2.75, 3.05) is 0 Å². The van der Waals surface area contributed by atoms with E-state index in [9.17, 15) is 0 Å². The highest BCUT2D eigenvalue weighted by molar-refractivity contribution is 5.89. The van der Waals surface area contributed by atoms with E-state index in [1.54, 1.807) is 0 Å². The van der Waals surface area contributed by atoms with Crippen molar-refractivity contribution in [1.82, 2.24) is 4.98 Å². The average molecular weight is 291 g/mol. The number of nitrogens with one attached hydrogen (secondary N) is 1. The lowest BCUT2D eigenvalue weighted by molar-refractivity contribution is 0.791. The van der Waals surface area contributed by atoms with Crippen LogP contribution in [-0.4, -0.2) is 4.98 Å². The Morgan fingerprint density at radius 3 is 2.45 bits per heavy atom. The molecule has 0 spiro atoms. The zero-order valence-corrected chi connectivity index (χ0v) is 13.8. The van der Waals surface area contributed by atoms with Crippen molar-refractivity contribution in [1.29, 1.82) is 0 Å². The fraction of sp³-hybridized carbons (Fsp3) is 0.333. The number of H-pyrrole nitrogens is 1. The number of aryl methyl sites for hydroxylation is 1. The highest BCUT2D eigenvalue weighted by atomic mass is 14.7. The normalized spacial score (nSPS) is 11.5. The predicted molar refractivity (Wildman–Crippen MR) is 96.4 cm³/mol. The van der Waals surface area contributed by atoms with Gasteiger partial charge in [0.25, 0.3) is 0 Å². The molecule has 3 rings (SSSR count). The fourth-order valence-corrected chi connectivity index (χ4v) is 3.09. The molecule has 0 saturated carbocycles. The minimum Gasteiger partial charge on any atom is -0.354 e. The molecule has 1 heterocycles. The summed E-state index contributed by atoms with van der Waals surface area (Å²) in [6.07, 6.45) is 3.69. The highest BCUT2D eigenvalue weighted by Crippen LogP contribution is 2.31. The van der Waals surface area contributed by atoms with Crippen molar-refractivity contribution in [2.45, 2.75) is 46.0 Å². The van der Waals surface area contributed by atoms with Gasteiger partial charge in [0.05, 0.1) is 0 Å². The molecule has 0 bridgehead atoms. The first kappa shape index (κ1) is 14.9. The van der Waals surface area contributed by atoms with Crippen LogP contribution in [0.15, 0.2) is 48.5 Å². The largest absolute Gasteiger partial charge is 0.354 e. The Kier molecular flexibility index (Phi) is 4.33. The minimum atomic E-state index is 0.534. The van der Waals surface area contributed by atoms with E-state index in [2.05, 4.69) is 74.3 Å². The van der Waals surface area contributed by atoms with Crippen LogP contribution in [0.25, 0.3) is 22.2 Å². The van der Waals surface area contributed by atoms with E-state index in [0.717, 1.165) is 0 Å². The number of rotatable bonds is 5. The molecule has 114 valence electrons. The topological polar surface area (TPSA) is 15.8 Å². The van der Waals surface area contributed by atoms with Crippen molar-refractivity contribution in [3.05, 3.63) is 59.7 Å². The molecule has 1 heteroatoms. The molecule has 1 nitrogen and oxygen atoms in total. The number of fused-ring (bicyclic) bond motifs is 1. The summed E-state index contributed by atoms with van der Waals surface area (Å²) in [6.45, 7) is 6.81. The summed E-state index contributed by atoms with van der Waals surface area (Å²) in [5.41, 5.74) is 6.67. The maximum atomic E-state index is 3.65. The van der Waals surface area contributed by atoms with Crippen molar-refractivity contribution in [3.8, 4) is 11.3 Å². The van der Waals surface area contributed by atoms with Gasteiger partial charge in [0.2, 0.25) is 0 Å². The van der Waals surface area contributed by atoms with Crippen LogP contribution in [0.2, 0.25) is 0 Å². The Morgan fingerprint density at radius 1 is 1.00 bits per heavy atom. The molecule has 0 amide bonds. The number of benzene rings is 2. The van der Waals surface area contributed by atoms with Crippen LogP contribution >= 0.6 is 0 Å². The van der Waals surface area contributed by atoms with Gasteiger partial charge in [-0.25, -0.2) is 0 Å². The summed E-state index contributed by atoms with van der Waals surface area (Å²) in [5, 5.41) is 1.34. The van der Waals surface area contributed by atoms with Gasteiger partial charge in [0, 0.05) is 16.6 Å². The van der Waals surface area contributed by atoms with Crippen molar-refractivity contribution >= 4 is 10.9 Å². The average Bonchev–Trinajstić information content (AvgIpc) is 2.96. The second-order valence-electron chi connectivity index (χ2n) is 6.46. The lowest BCUT2D eigenvalue weighted by Gasteiger charge is -2.10.